The molecule has 0 aliphatic carbocycles. The third-order valence-electron chi connectivity index (χ3n) is 10.7. The summed E-state index contributed by atoms with van der Waals surface area (Å²) in [5.74, 6) is -1.23. The van der Waals surface area contributed by atoms with Crippen molar-refractivity contribution in [3.8, 4) is 0 Å². The van der Waals surface area contributed by atoms with Crippen molar-refractivity contribution in [2.24, 2.45) is 16.5 Å². The van der Waals surface area contributed by atoms with Crippen LogP contribution in [-0.2, 0) is 23.8 Å². The first-order chi connectivity index (χ1) is 27.4. The summed E-state index contributed by atoms with van der Waals surface area (Å²) >= 11 is 8.36. The molecule has 56 heavy (non-hydrogen) atoms. The number of thiophene rings is 1. The molecule has 0 spiro atoms. The molecule has 3 aromatic heterocycles. The molecule has 7 aromatic rings. The minimum absolute atomic E-state index is 0.215. The van der Waals surface area contributed by atoms with Gasteiger partial charge < -0.3 is 11.5 Å². The minimum Gasteiger partial charge on any atom is -0.326 e. The minimum atomic E-state index is -1.23. The van der Waals surface area contributed by atoms with Gasteiger partial charge in [0, 0.05) is 70.8 Å². The molecule has 8 rings (SSSR count). The predicted octanol–water partition coefficient (Wildman–Crippen LogP) is 7.18. The maximum Gasteiger partial charge on any atom is 0.223 e. The number of nitrogens with zero attached hydrogens (tertiary/aromatic N) is 3. The summed E-state index contributed by atoms with van der Waals surface area (Å²) < 4.78 is 1.18. The van der Waals surface area contributed by atoms with Gasteiger partial charge in [0.1, 0.15) is 0 Å². The monoisotopic (exact) mass is 776 g/mol. The van der Waals surface area contributed by atoms with Crippen molar-refractivity contribution in [3.05, 3.63) is 202 Å². The van der Waals surface area contributed by atoms with Crippen molar-refractivity contribution in [2.45, 2.75) is 41.8 Å². The van der Waals surface area contributed by atoms with Gasteiger partial charge in [-0.1, -0.05) is 103 Å². The molecule has 4 aromatic carbocycles. The second-order valence-electron chi connectivity index (χ2n) is 14.4. The summed E-state index contributed by atoms with van der Waals surface area (Å²) in [6.45, 7) is 0.888. The molecule has 0 fully saturated rings. The number of nitrogens with one attached hydrogen (secondary N) is 3. The molecule has 4 heterocycles. The van der Waals surface area contributed by atoms with E-state index in [-0.39, 0.29) is 12.1 Å². The zero-order valence-electron chi connectivity index (χ0n) is 30.9. The number of aliphatic imine (C=N–C) groups is 1. The van der Waals surface area contributed by atoms with Crippen LogP contribution >= 0.6 is 22.9 Å². The van der Waals surface area contributed by atoms with Crippen molar-refractivity contribution in [1.82, 2.24) is 25.9 Å². The van der Waals surface area contributed by atoms with Crippen molar-refractivity contribution < 1.29 is 0 Å². The summed E-state index contributed by atoms with van der Waals surface area (Å²) in [6.07, 6.45) is 10.9. The standard InChI is InChI=1S/C46H45ClN8S/c47-39-17-15-36(16-18-39)44(43-29-35-13-7-8-14-42(35)56-43)32-54-46(52-30-40(48)27-33-9-3-1-4-10-33,53-31-41(49)28-34-11-5-2-6-12-34)55-45(44,37-19-23-50-24-20-37)38-21-25-51-26-22-38/h1-26,29,32,40-41,52-53,55H,27-28,30-31,48-49H2/t40-,41-,44?/m0/s1. The van der Waals surface area contributed by atoms with Crippen LogP contribution in [0.4, 0.5) is 0 Å². The van der Waals surface area contributed by atoms with Crippen LogP contribution in [0.15, 0.2) is 169 Å². The van der Waals surface area contributed by atoms with E-state index in [2.05, 4.69) is 123 Å². The van der Waals surface area contributed by atoms with Gasteiger partial charge in [-0.2, -0.15) is 0 Å². The van der Waals surface area contributed by atoms with Crippen LogP contribution in [0.5, 0.6) is 0 Å². The molecule has 1 aliphatic heterocycles. The van der Waals surface area contributed by atoms with Gasteiger partial charge in [0.2, 0.25) is 5.91 Å². The van der Waals surface area contributed by atoms with Gasteiger partial charge >= 0.3 is 0 Å². The highest BCUT2D eigenvalue weighted by Crippen LogP contribution is 2.55. The Morgan fingerprint density at radius 3 is 1.68 bits per heavy atom. The lowest BCUT2D eigenvalue weighted by Crippen LogP contribution is -2.78. The van der Waals surface area contributed by atoms with Crippen LogP contribution in [0.25, 0.3) is 10.1 Å². The van der Waals surface area contributed by atoms with E-state index in [0.29, 0.717) is 31.0 Å². The van der Waals surface area contributed by atoms with E-state index in [0.717, 1.165) is 27.0 Å². The van der Waals surface area contributed by atoms with E-state index in [9.17, 15) is 0 Å². The van der Waals surface area contributed by atoms with E-state index >= 15 is 0 Å². The van der Waals surface area contributed by atoms with Gasteiger partial charge in [0.25, 0.3) is 0 Å². The molecule has 0 amide bonds. The number of hydrogen-bond donors (Lipinski definition) is 5. The molecule has 282 valence electrons. The van der Waals surface area contributed by atoms with Crippen molar-refractivity contribution in [1.29, 1.82) is 0 Å². The van der Waals surface area contributed by atoms with Crippen LogP contribution in [-0.4, -0.2) is 47.3 Å². The number of hydrogen-bond acceptors (Lipinski definition) is 9. The molecule has 1 unspecified atom stereocenters. The topological polar surface area (TPSA) is 126 Å². The van der Waals surface area contributed by atoms with Crippen LogP contribution in [0, 0.1) is 0 Å². The third-order valence-corrected chi connectivity index (χ3v) is 12.2. The second-order valence-corrected chi connectivity index (χ2v) is 16.0. The molecule has 0 saturated carbocycles. The molecule has 10 heteroatoms. The Balaban J connectivity index is 1.34. The molecule has 3 atom stereocenters. The van der Waals surface area contributed by atoms with Crippen molar-refractivity contribution >= 4 is 39.2 Å². The number of aromatic nitrogens is 2. The first-order valence-corrected chi connectivity index (χ1v) is 20.1. The average Bonchev–Trinajstić information content (AvgIpc) is 3.69. The largest absolute Gasteiger partial charge is 0.326 e. The Bertz CT molecular complexity index is 2230. The molecular formula is C46H45ClN8S. The van der Waals surface area contributed by atoms with Crippen molar-refractivity contribution in [3.63, 3.8) is 0 Å². The van der Waals surface area contributed by atoms with Crippen LogP contribution in [0.1, 0.15) is 32.7 Å². The van der Waals surface area contributed by atoms with Crippen LogP contribution in [0.3, 0.4) is 0 Å². The maximum atomic E-state index is 6.90. The quantitative estimate of drug-likeness (QED) is 0.0742. The van der Waals surface area contributed by atoms with E-state index < -0.39 is 16.9 Å². The number of halogens is 1. The Labute approximate surface area is 337 Å². The average molecular weight is 777 g/mol. The number of nitrogens with two attached hydrogens (primary N) is 2. The maximum absolute atomic E-state index is 6.90. The molecule has 8 nitrogen and oxygen atoms in total. The van der Waals surface area contributed by atoms with Gasteiger partial charge in [0.15, 0.2) is 0 Å². The first kappa shape index (κ1) is 37.8. The van der Waals surface area contributed by atoms with Crippen LogP contribution < -0.4 is 27.4 Å². The summed E-state index contributed by atoms with van der Waals surface area (Å²) in [5, 5.41) is 13.6. The Morgan fingerprint density at radius 1 is 0.625 bits per heavy atom. The summed E-state index contributed by atoms with van der Waals surface area (Å²) in [6, 6.07) is 47.4. The normalized spacial score (nSPS) is 18.4. The van der Waals surface area contributed by atoms with Crippen LogP contribution in [0.2, 0.25) is 5.02 Å². The van der Waals surface area contributed by atoms with E-state index in [1.807, 2.05) is 73.3 Å². The lowest BCUT2D eigenvalue weighted by atomic mass is 9.58. The van der Waals surface area contributed by atoms with Gasteiger partial charge in [-0.3, -0.25) is 25.9 Å². The second kappa shape index (κ2) is 16.6. The van der Waals surface area contributed by atoms with Crippen molar-refractivity contribution in [2.75, 3.05) is 13.1 Å². The van der Waals surface area contributed by atoms with E-state index in [1.54, 1.807) is 11.3 Å². The fraction of sp³-hybridized carbons (Fsp3) is 0.196. The highest BCUT2D eigenvalue weighted by atomic mass is 35.5. The van der Waals surface area contributed by atoms with Gasteiger partial charge in [-0.15, -0.1) is 11.3 Å². The number of pyridine rings is 2. The fourth-order valence-corrected chi connectivity index (χ4v) is 9.44. The molecular weight excluding hydrogens is 732 g/mol. The Kier molecular flexibility index (Phi) is 11.2. The molecule has 7 N–H and O–H groups in total. The summed E-state index contributed by atoms with van der Waals surface area (Å²) in [5.41, 5.74) is 17.2. The smallest absolute Gasteiger partial charge is 0.223 e. The first-order valence-electron chi connectivity index (χ1n) is 18.9. The molecule has 0 saturated heterocycles. The van der Waals surface area contributed by atoms with Gasteiger partial charge in [0.05, 0.1) is 11.0 Å². The lowest BCUT2D eigenvalue weighted by molar-refractivity contribution is 0.112. The number of rotatable bonds is 14. The Morgan fingerprint density at radius 2 is 1.14 bits per heavy atom. The Hall–Kier alpha value is -5.10. The van der Waals surface area contributed by atoms with E-state index in [1.165, 1.54) is 15.8 Å². The van der Waals surface area contributed by atoms with Gasteiger partial charge in [-0.25, -0.2) is 4.99 Å². The van der Waals surface area contributed by atoms with Gasteiger partial charge in [-0.05, 0) is 94.6 Å². The highest BCUT2D eigenvalue weighted by molar-refractivity contribution is 7.19. The predicted molar refractivity (Wildman–Crippen MR) is 230 cm³/mol. The molecule has 0 radical (unpaired) electrons. The lowest BCUT2D eigenvalue weighted by Gasteiger charge is -2.57. The zero-order chi connectivity index (χ0) is 38.4. The molecule has 0 bridgehead atoms. The summed E-state index contributed by atoms with van der Waals surface area (Å²) in [7, 11) is 0. The summed E-state index contributed by atoms with van der Waals surface area (Å²) in [4.78, 5) is 15.6. The van der Waals surface area contributed by atoms with E-state index in [4.69, 9.17) is 28.1 Å². The SMILES string of the molecule is N[C@H](CNC1(NC[C@@H](N)Cc2ccccc2)N=CC(c2ccc(Cl)cc2)(c2cc3ccccc3s2)C(c2ccncc2)(c2ccncc2)N1)Cc1ccccc1. The third kappa shape index (κ3) is 7.55. The number of fused-ring (bicyclic) bond motifs is 1. The molecule has 1 aliphatic rings. The number of benzene rings is 4. The highest BCUT2D eigenvalue weighted by Gasteiger charge is 2.61. The zero-order valence-corrected chi connectivity index (χ0v) is 32.5. The fourth-order valence-electron chi connectivity index (χ4n) is 8.01.